The van der Waals surface area contributed by atoms with Crippen LogP contribution in [0.25, 0.3) is 12.2 Å². The van der Waals surface area contributed by atoms with E-state index in [1.54, 1.807) is 5.57 Å². The fraction of sp³-hybridized carbons (Fsp3) is 0.517. The Labute approximate surface area is 182 Å². The van der Waals surface area contributed by atoms with Gasteiger partial charge in [-0.1, -0.05) is 68.2 Å². The molecule has 1 N–H and O–H groups in total. The van der Waals surface area contributed by atoms with E-state index < -0.39 is 0 Å². The summed E-state index contributed by atoms with van der Waals surface area (Å²) >= 11 is 0. The maximum Gasteiger partial charge on any atom is 0.0577 e. The highest BCUT2D eigenvalue weighted by molar-refractivity contribution is 5.64. The summed E-state index contributed by atoms with van der Waals surface area (Å²) in [6.07, 6.45) is 18.4. The predicted octanol–water partition coefficient (Wildman–Crippen LogP) is 7.30. The Morgan fingerprint density at radius 3 is 2.60 bits per heavy atom. The average molecular weight is 401 g/mol. The maximum absolute atomic E-state index is 10.2. The Hall–Kier alpha value is -1.86. The molecular weight excluding hydrogens is 364 g/mol. The molecular formula is C29H36O. The number of fused-ring (bicyclic) bond motifs is 4. The molecule has 1 heteroatoms. The number of hydrogen-bond acceptors (Lipinski definition) is 1. The third kappa shape index (κ3) is 3.17. The molecule has 2 fully saturated rings. The minimum Gasteiger partial charge on any atom is -0.393 e. The van der Waals surface area contributed by atoms with Crippen LogP contribution in [0, 0.1) is 23.2 Å². The van der Waals surface area contributed by atoms with E-state index in [-0.39, 0.29) is 6.10 Å². The fourth-order valence-electron chi connectivity index (χ4n) is 7.41. The van der Waals surface area contributed by atoms with Crippen molar-refractivity contribution in [3.05, 3.63) is 71.3 Å². The number of hydrogen-bond donors (Lipinski definition) is 1. The zero-order valence-electron chi connectivity index (χ0n) is 18.4. The molecule has 158 valence electrons. The summed E-state index contributed by atoms with van der Waals surface area (Å²) in [5.41, 5.74) is 7.36. The summed E-state index contributed by atoms with van der Waals surface area (Å²) in [5.74, 6) is 2.81. The van der Waals surface area contributed by atoms with E-state index >= 15 is 0 Å². The van der Waals surface area contributed by atoms with Gasteiger partial charge in [-0.3, -0.25) is 0 Å². The molecule has 30 heavy (non-hydrogen) atoms. The standard InChI is InChI=1S/C29H36O/c1-4-19-6-7-23(16-20(19)5-2)27-12-13-28-26-11-9-21-8-10-25(30)18-24(21)17-22(26)14-15-29(27,28)3/h4-7,14,16-17,21,25-28,30H,1-2,8-13,15,18H2,3H3. The van der Waals surface area contributed by atoms with Gasteiger partial charge in [0.05, 0.1) is 6.10 Å². The van der Waals surface area contributed by atoms with Crippen molar-refractivity contribution in [2.24, 2.45) is 23.2 Å². The highest BCUT2D eigenvalue weighted by Gasteiger charge is 2.52. The van der Waals surface area contributed by atoms with E-state index in [9.17, 15) is 5.11 Å². The van der Waals surface area contributed by atoms with E-state index in [2.05, 4.69) is 50.4 Å². The minimum absolute atomic E-state index is 0.119. The molecule has 5 rings (SSSR count). The molecule has 1 aromatic carbocycles. The number of allylic oxidation sites excluding steroid dienone is 3. The van der Waals surface area contributed by atoms with Crippen LogP contribution >= 0.6 is 0 Å². The Bertz CT molecular complexity index is 918. The summed E-state index contributed by atoms with van der Waals surface area (Å²) in [6, 6.07) is 6.94. The smallest absolute Gasteiger partial charge is 0.0577 e. The molecule has 0 aliphatic heterocycles. The molecule has 6 unspecified atom stereocenters. The van der Waals surface area contributed by atoms with Crippen molar-refractivity contribution in [3.63, 3.8) is 0 Å². The van der Waals surface area contributed by atoms with E-state index in [4.69, 9.17) is 0 Å². The van der Waals surface area contributed by atoms with Crippen molar-refractivity contribution in [1.82, 2.24) is 0 Å². The average Bonchev–Trinajstić information content (AvgIpc) is 2.99. The zero-order chi connectivity index (χ0) is 20.9. The Kier molecular flexibility index (Phi) is 5.14. The molecule has 0 amide bonds. The lowest BCUT2D eigenvalue weighted by Crippen LogP contribution is -2.35. The molecule has 0 heterocycles. The lowest BCUT2D eigenvalue weighted by atomic mass is 9.60. The van der Waals surface area contributed by atoms with Gasteiger partial charge in [0.15, 0.2) is 0 Å². The van der Waals surface area contributed by atoms with Crippen molar-refractivity contribution >= 4 is 12.2 Å². The van der Waals surface area contributed by atoms with Gasteiger partial charge in [-0.2, -0.15) is 0 Å². The second-order valence-electron chi connectivity index (χ2n) is 10.5. The number of benzene rings is 1. The van der Waals surface area contributed by atoms with Gasteiger partial charge in [0, 0.05) is 0 Å². The van der Waals surface area contributed by atoms with Crippen LogP contribution in [0.5, 0.6) is 0 Å². The van der Waals surface area contributed by atoms with Crippen LogP contribution in [0.4, 0.5) is 0 Å². The minimum atomic E-state index is -0.119. The lowest BCUT2D eigenvalue weighted by Gasteiger charge is -2.44. The van der Waals surface area contributed by atoms with Crippen molar-refractivity contribution < 1.29 is 5.11 Å². The molecule has 4 aliphatic rings. The first-order valence-electron chi connectivity index (χ1n) is 12.0. The first-order chi connectivity index (χ1) is 14.5. The van der Waals surface area contributed by atoms with Crippen molar-refractivity contribution in [2.45, 2.75) is 70.3 Å². The second-order valence-corrected chi connectivity index (χ2v) is 10.5. The molecule has 0 bridgehead atoms. The fourth-order valence-corrected chi connectivity index (χ4v) is 7.41. The van der Waals surface area contributed by atoms with Crippen LogP contribution in [-0.2, 0) is 0 Å². The Morgan fingerprint density at radius 2 is 1.80 bits per heavy atom. The zero-order valence-corrected chi connectivity index (χ0v) is 18.4. The second kappa shape index (κ2) is 7.68. The third-order valence-electron chi connectivity index (χ3n) is 9.08. The van der Waals surface area contributed by atoms with E-state index in [1.807, 2.05) is 12.2 Å². The molecule has 6 atom stereocenters. The summed E-state index contributed by atoms with van der Waals surface area (Å²) in [7, 11) is 0. The van der Waals surface area contributed by atoms with Gasteiger partial charge in [0.1, 0.15) is 0 Å². The molecule has 0 aromatic heterocycles. The van der Waals surface area contributed by atoms with Gasteiger partial charge < -0.3 is 5.11 Å². The van der Waals surface area contributed by atoms with Gasteiger partial charge in [0.25, 0.3) is 0 Å². The van der Waals surface area contributed by atoms with Crippen LogP contribution in [0.15, 0.2) is 54.7 Å². The molecule has 4 aliphatic carbocycles. The highest BCUT2D eigenvalue weighted by atomic mass is 16.3. The molecule has 2 saturated carbocycles. The van der Waals surface area contributed by atoms with Gasteiger partial charge in [-0.05, 0) is 103 Å². The topological polar surface area (TPSA) is 20.2 Å². The molecule has 0 radical (unpaired) electrons. The van der Waals surface area contributed by atoms with Crippen LogP contribution in [0.1, 0.15) is 80.9 Å². The van der Waals surface area contributed by atoms with Crippen LogP contribution < -0.4 is 0 Å². The predicted molar refractivity (Wildman–Crippen MR) is 127 cm³/mol. The van der Waals surface area contributed by atoms with Crippen LogP contribution in [0.3, 0.4) is 0 Å². The molecule has 1 nitrogen and oxygen atoms in total. The maximum atomic E-state index is 10.2. The van der Waals surface area contributed by atoms with Crippen LogP contribution in [0.2, 0.25) is 0 Å². The van der Waals surface area contributed by atoms with Gasteiger partial charge in [0.2, 0.25) is 0 Å². The number of aliphatic hydroxyl groups is 1. The number of rotatable bonds is 3. The first kappa shape index (κ1) is 20.1. The molecule has 0 saturated heterocycles. The quantitative estimate of drug-likeness (QED) is 0.564. The highest BCUT2D eigenvalue weighted by Crippen LogP contribution is 2.62. The summed E-state index contributed by atoms with van der Waals surface area (Å²) in [5, 5.41) is 10.2. The monoisotopic (exact) mass is 400 g/mol. The molecule has 0 spiro atoms. The van der Waals surface area contributed by atoms with E-state index in [0.717, 1.165) is 18.8 Å². The van der Waals surface area contributed by atoms with Crippen molar-refractivity contribution in [1.29, 1.82) is 0 Å². The number of aliphatic hydroxyl groups excluding tert-OH is 1. The summed E-state index contributed by atoms with van der Waals surface area (Å²) < 4.78 is 0. The van der Waals surface area contributed by atoms with E-state index in [1.165, 1.54) is 60.8 Å². The van der Waals surface area contributed by atoms with Crippen LogP contribution in [-0.4, -0.2) is 11.2 Å². The van der Waals surface area contributed by atoms with Crippen molar-refractivity contribution in [3.8, 4) is 0 Å². The van der Waals surface area contributed by atoms with Gasteiger partial charge >= 0.3 is 0 Å². The van der Waals surface area contributed by atoms with Gasteiger partial charge in [-0.15, -0.1) is 0 Å². The first-order valence-corrected chi connectivity index (χ1v) is 12.0. The lowest BCUT2D eigenvalue weighted by molar-refractivity contribution is 0.125. The third-order valence-corrected chi connectivity index (χ3v) is 9.08. The Morgan fingerprint density at radius 1 is 1.00 bits per heavy atom. The SMILES string of the molecule is C=Cc1ccc(C2CCC3C4CCC5CCC(O)CC5=CC4=CCC23C)cc1C=C. The summed E-state index contributed by atoms with van der Waals surface area (Å²) in [6.45, 7) is 10.6. The normalized spacial score (nSPS) is 37.7. The molecule has 1 aromatic rings. The Balaban J connectivity index is 1.46. The summed E-state index contributed by atoms with van der Waals surface area (Å²) in [4.78, 5) is 0. The van der Waals surface area contributed by atoms with Gasteiger partial charge in [-0.25, -0.2) is 0 Å². The van der Waals surface area contributed by atoms with E-state index in [0.29, 0.717) is 23.2 Å². The largest absolute Gasteiger partial charge is 0.393 e. The van der Waals surface area contributed by atoms with Crippen molar-refractivity contribution in [2.75, 3.05) is 0 Å².